The molecule has 3 aromatic rings. The van der Waals surface area contributed by atoms with E-state index >= 15 is 0 Å². The van der Waals surface area contributed by atoms with E-state index in [1.54, 1.807) is 24.3 Å². The highest BCUT2D eigenvalue weighted by molar-refractivity contribution is 5.81. The van der Waals surface area contributed by atoms with Crippen molar-refractivity contribution in [1.29, 1.82) is 0 Å². The van der Waals surface area contributed by atoms with E-state index in [0.717, 1.165) is 18.3 Å². The summed E-state index contributed by atoms with van der Waals surface area (Å²) in [5.74, 6) is -0.426. The van der Waals surface area contributed by atoms with Gasteiger partial charge in [-0.15, -0.1) is 0 Å². The smallest absolute Gasteiger partial charge is 0.378 e. The van der Waals surface area contributed by atoms with Crippen LogP contribution in [0.15, 0.2) is 53.5 Å². The SMILES string of the molecule is O=C(Cn1ncc(=O)c2ccccc21)NCCNc1ccc(C(F)(F)F)cc1[N+](=O)[O-]. The molecule has 3 rings (SSSR count). The lowest BCUT2D eigenvalue weighted by molar-refractivity contribution is -0.384. The highest BCUT2D eigenvalue weighted by Crippen LogP contribution is 2.34. The van der Waals surface area contributed by atoms with Crippen LogP contribution in [0.4, 0.5) is 24.5 Å². The third kappa shape index (κ3) is 5.15. The quantitative estimate of drug-likeness (QED) is 0.334. The van der Waals surface area contributed by atoms with Gasteiger partial charge in [-0.1, -0.05) is 12.1 Å². The second-order valence-corrected chi connectivity index (χ2v) is 6.45. The summed E-state index contributed by atoms with van der Waals surface area (Å²) in [5, 5.41) is 20.6. The number of amides is 1. The summed E-state index contributed by atoms with van der Waals surface area (Å²) in [6.45, 7) is -0.0767. The normalized spacial score (nSPS) is 11.3. The molecule has 0 aliphatic carbocycles. The van der Waals surface area contributed by atoms with Gasteiger partial charge in [0.05, 0.1) is 22.2 Å². The Bertz CT molecular complexity index is 1190. The number of carbonyl (C=O) groups is 1. The minimum absolute atomic E-state index is 0.0380. The van der Waals surface area contributed by atoms with Crippen LogP contribution in [-0.4, -0.2) is 33.7 Å². The Morgan fingerprint density at radius 1 is 1.16 bits per heavy atom. The van der Waals surface area contributed by atoms with E-state index in [-0.39, 0.29) is 30.8 Å². The molecule has 0 unspecified atom stereocenters. The van der Waals surface area contributed by atoms with Gasteiger partial charge in [0, 0.05) is 24.5 Å². The van der Waals surface area contributed by atoms with Crippen molar-refractivity contribution < 1.29 is 22.9 Å². The van der Waals surface area contributed by atoms with Crippen LogP contribution < -0.4 is 16.1 Å². The van der Waals surface area contributed by atoms with E-state index in [1.807, 2.05) is 0 Å². The van der Waals surface area contributed by atoms with Crippen LogP contribution in [0.25, 0.3) is 10.9 Å². The van der Waals surface area contributed by atoms with Crippen molar-refractivity contribution in [3.63, 3.8) is 0 Å². The topological polar surface area (TPSA) is 119 Å². The molecule has 0 aliphatic rings. The van der Waals surface area contributed by atoms with Crippen LogP contribution in [0.2, 0.25) is 0 Å². The molecule has 162 valence electrons. The molecule has 0 aliphatic heterocycles. The number of carbonyl (C=O) groups excluding carboxylic acids is 1. The Morgan fingerprint density at radius 2 is 1.90 bits per heavy atom. The van der Waals surface area contributed by atoms with E-state index < -0.39 is 28.3 Å². The Kier molecular flexibility index (Phi) is 6.18. The van der Waals surface area contributed by atoms with Crippen molar-refractivity contribution in [2.75, 3.05) is 18.4 Å². The van der Waals surface area contributed by atoms with Crippen molar-refractivity contribution in [1.82, 2.24) is 15.1 Å². The maximum absolute atomic E-state index is 12.7. The van der Waals surface area contributed by atoms with Crippen molar-refractivity contribution in [2.24, 2.45) is 0 Å². The summed E-state index contributed by atoms with van der Waals surface area (Å²) in [7, 11) is 0. The van der Waals surface area contributed by atoms with Gasteiger partial charge in [0.25, 0.3) is 5.69 Å². The second-order valence-electron chi connectivity index (χ2n) is 6.45. The first-order chi connectivity index (χ1) is 14.7. The molecule has 9 nitrogen and oxygen atoms in total. The number of nitro benzene ring substituents is 1. The number of fused-ring (bicyclic) bond motifs is 1. The van der Waals surface area contributed by atoms with Crippen molar-refractivity contribution in [3.05, 3.63) is 74.6 Å². The van der Waals surface area contributed by atoms with Crippen molar-refractivity contribution in [2.45, 2.75) is 12.7 Å². The number of nitro groups is 1. The Balaban J connectivity index is 1.59. The molecule has 0 radical (unpaired) electrons. The number of anilines is 1. The molecule has 2 N–H and O–H groups in total. The van der Waals surface area contributed by atoms with E-state index in [4.69, 9.17) is 0 Å². The molecule has 1 heterocycles. The fourth-order valence-electron chi connectivity index (χ4n) is 2.89. The van der Waals surface area contributed by atoms with Crippen LogP contribution >= 0.6 is 0 Å². The van der Waals surface area contributed by atoms with E-state index in [9.17, 15) is 32.9 Å². The predicted molar refractivity (Wildman–Crippen MR) is 106 cm³/mol. The zero-order chi connectivity index (χ0) is 22.6. The number of nitrogens with zero attached hydrogens (tertiary/aromatic N) is 3. The summed E-state index contributed by atoms with van der Waals surface area (Å²) in [4.78, 5) is 34.1. The molecular formula is C19H16F3N5O4. The molecule has 1 amide bonds. The Hall–Kier alpha value is -3.96. The number of rotatable bonds is 7. The first kappa shape index (κ1) is 21.7. The van der Waals surface area contributed by atoms with Crippen LogP contribution in [0, 0.1) is 10.1 Å². The van der Waals surface area contributed by atoms with Gasteiger partial charge in [0.1, 0.15) is 12.2 Å². The number of hydrogen-bond donors (Lipinski definition) is 2. The zero-order valence-electron chi connectivity index (χ0n) is 15.8. The first-order valence-electron chi connectivity index (χ1n) is 8.98. The Morgan fingerprint density at radius 3 is 2.61 bits per heavy atom. The number of benzene rings is 2. The number of hydrogen-bond acceptors (Lipinski definition) is 6. The van der Waals surface area contributed by atoms with E-state index in [1.165, 1.54) is 4.68 Å². The second kappa shape index (κ2) is 8.81. The molecular weight excluding hydrogens is 419 g/mol. The average molecular weight is 435 g/mol. The van der Waals surface area contributed by atoms with Crippen LogP contribution in [0.3, 0.4) is 0 Å². The fourth-order valence-corrected chi connectivity index (χ4v) is 2.89. The highest BCUT2D eigenvalue weighted by atomic mass is 19.4. The van der Waals surface area contributed by atoms with Crippen molar-refractivity contribution >= 4 is 28.2 Å². The summed E-state index contributed by atoms with van der Waals surface area (Å²) >= 11 is 0. The lowest BCUT2D eigenvalue weighted by atomic mass is 10.1. The summed E-state index contributed by atoms with van der Waals surface area (Å²) in [6.07, 6.45) is -3.58. The number of alkyl halides is 3. The van der Waals surface area contributed by atoms with Crippen LogP contribution in [-0.2, 0) is 17.5 Å². The lowest BCUT2D eigenvalue weighted by Gasteiger charge is -2.12. The number of halogens is 3. The monoisotopic (exact) mass is 435 g/mol. The van der Waals surface area contributed by atoms with Gasteiger partial charge in [-0.25, -0.2) is 0 Å². The Labute approximate surface area is 172 Å². The number of nitrogens with one attached hydrogen (secondary N) is 2. The minimum Gasteiger partial charge on any atom is -0.378 e. The number of para-hydroxylation sites is 1. The maximum atomic E-state index is 12.7. The molecule has 0 fully saturated rings. The van der Waals surface area contributed by atoms with Gasteiger partial charge in [0.2, 0.25) is 11.3 Å². The van der Waals surface area contributed by atoms with Gasteiger partial charge < -0.3 is 10.6 Å². The molecule has 0 saturated carbocycles. The molecule has 0 atom stereocenters. The maximum Gasteiger partial charge on any atom is 0.416 e. The predicted octanol–water partition coefficient (Wildman–Crippen LogP) is 2.55. The average Bonchev–Trinajstić information content (AvgIpc) is 2.72. The largest absolute Gasteiger partial charge is 0.416 e. The minimum atomic E-state index is -4.70. The molecule has 1 aromatic heterocycles. The van der Waals surface area contributed by atoms with E-state index in [2.05, 4.69) is 15.7 Å². The molecule has 12 heteroatoms. The lowest BCUT2D eigenvalue weighted by Crippen LogP contribution is -2.32. The zero-order valence-corrected chi connectivity index (χ0v) is 15.8. The van der Waals surface area contributed by atoms with Gasteiger partial charge >= 0.3 is 6.18 Å². The first-order valence-corrected chi connectivity index (χ1v) is 8.98. The summed E-state index contributed by atoms with van der Waals surface area (Å²) in [6, 6.07) is 8.84. The molecule has 0 spiro atoms. The van der Waals surface area contributed by atoms with Gasteiger partial charge in [-0.2, -0.15) is 18.3 Å². The van der Waals surface area contributed by atoms with E-state index in [0.29, 0.717) is 17.0 Å². The molecule has 0 saturated heterocycles. The molecule has 31 heavy (non-hydrogen) atoms. The van der Waals surface area contributed by atoms with Gasteiger partial charge in [-0.3, -0.25) is 24.4 Å². The molecule has 2 aromatic carbocycles. The third-order valence-corrected chi connectivity index (χ3v) is 4.34. The fraction of sp³-hybridized carbons (Fsp3) is 0.211. The van der Waals surface area contributed by atoms with Crippen LogP contribution in [0.1, 0.15) is 5.56 Å². The van der Waals surface area contributed by atoms with Gasteiger partial charge in [-0.05, 0) is 24.3 Å². The standard InChI is InChI=1S/C19H16F3N5O4/c20-19(21,22)12-5-6-14(16(9-12)27(30)31)23-7-8-24-18(29)11-26-15-4-2-1-3-13(15)17(28)10-25-26/h1-6,9-10,23H,7-8,11H2,(H,24,29). The summed E-state index contributed by atoms with van der Waals surface area (Å²) in [5.41, 5.74) is -1.72. The third-order valence-electron chi connectivity index (χ3n) is 4.34. The highest BCUT2D eigenvalue weighted by Gasteiger charge is 2.33. The summed E-state index contributed by atoms with van der Waals surface area (Å²) < 4.78 is 39.6. The van der Waals surface area contributed by atoms with Crippen molar-refractivity contribution in [3.8, 4) is 0 Å². The van der Waals surface area contributed by atoms with Gasteiger partial charge in [0.15, 0.2) is 0 Å². The number of aromatic nitrogens is 2. The molecule has 0 bridgehead atoms. The van der Waals surface area contributed by atoms with Crippen LogP contribution in [0.5, 0.6) is 0 Å².